The smallest absolute Gasteiger partial charge is 0.273 e. The van der Waals surface area contributed by atoms with E-state index in [2.05, 4.69) is 4.98 Å². The van der Waals surface area contributed by atoms with Crippen molar-refractivity contribution < 1.29 is 9.66 Å². The Labute approximate surface area is 114 Å². The van der Waals surface area contributed by atoms with Gasteiger partial charge in [-0.05, 0) is 30.7 Å². The molecule has 7 heteroatoms. The molecule has 0 bridgehead atoms. The first-order valence-corrected chi connectivity index (χ1v) is 5.71. The number of hydrogen-bond acceptors (Lipinski definition) is 5. The highest BCUT2D eigenvalue weighted by atomic mass is 16.6. The lowest BCUT2D eigenvalue weighted by Crippen LogP contribution is -2.14. The number of nitrogens with one attached hydrogen (secondary N) is 1. The summed E-state index contributed by atoms with van der Waals surface area (Å²) in [7, 11) is 0. The zero-order valence-electron chi connectivity index (χ0n) is 10.7. The summed E-state index contributed by atoms with van der Waals surface area (Å²) in [5.41, 5.74) is 6.27. The lowest BCUT2D eigenvalue weighted by molar-refractivity contribution is -0.384. The highest BCUT2D eigenvalue weighted by Crippen LogP contribution is 2.29. The number of benzene rings is 1. The Kier molecular flexibility index (Phi) is 3.60. The number of nitrogens with two attached hydrogens (primary N) is 1. The number of non-ortho nitro benzene ring substituents is 1. The SMILES string of the molecule is Cc1ccc([N+](=O)[O-])cc1Oc1cccnc1C(=N)N. The minimum atomic E-state index is -0.499. The van der Waals surface area contributed by atoms with Crippen molar-refractivity contribution in [2.45, 2.75) is 6.92 Å². The van der Waals surface area contributed by atoms with Gasteiger partial charge in [0.2, 0.25) is 0 Å². The highest BCUT2D eigenvalue weighted by Gasteiger charge is 2.13. The molecule has 0 aliphatic heterocycles. The predicted octanol–water partition coefficient (Wildman–Crippen LogP) is 2.37. The molecule has 0 saturated carbocycles. The fourth-order valence-electron chi connectivity index (χ4n) is 1.61. The second-order valence-electron chi connectivity index (χ2n) is 4.07. The maximum Gasteiger partial charge on any atom is 0.273 e. The predicted molar refractivity (Wildman–Crippen MR) is 73.2 cm³/mol. The second-order valence-corrected chi connectivity index (χ2v) is 4.07. The maximum absolute atomic E-state index is 10.8. The summed E-state index contributed by atoms with van der Waals surface area (Å²) in [6.45, 7) is 1.77. The van der Waals surface area contributed by atoms with Crippen LogP contribution >= 0.6 is 0 Å². The molecule has 7 nitrogen and oxygen atoms in total. The van der Waals surface area contributed by atoms with E-state index in [4.69, 9.17) is 15.9 Å². The Morgan fingerprint density at radius 2 is 2.15 bits per heavy atom. The molecule has 102 valence electrons. The van der Waals surface area contributed by atoms with Crippen LogP contribution in [0.5, 0.6) is 11.5 Å². The Bertz CT molecular complexity index is 685. The Balaban J connectivity index is 2.42. The molecule has 0 saturated heterocycles. The minimum absolute atomic E-state index is 0.0705. The molecule has 0 radical (unpaired) electrons. The summed E-state index contributed by atoms with van der Waals surface area (Å²) in [4.78, 5) is 14.2. The van der Waals surface area contributed by atoms with E-state index in [9.17, 15) is 10.1 Å². The molecule has 0 aliphatic rings. The van der Waals surface area contributed by atoms with Crippen LogP contribution in [-0.4, -0.2) is 15.7 Å². The molecule has 2 rings (SSSR count). The first-order valence-electron chi connectivity index (χ1n) is 5.71. The molecule has 1 aromatic carbocycles. The van der Waals surface area contributed by atoms with E-state index in [0.29, 0.717) is 5.75 Å². The largest absolute Gasteiger partial charge is 0.454 e. The Morgan fingerprint density at radius 1 is 1.40 bits per heavy atom. The van der Waals surface area contributed by atoms with Gasteiger partial charge in [-0.2, -0.15) is 0 Å². The van der Waals surface area contributed by atoms with Crippen LogP contribution in [0, 0.1) is 22.4 Å². The lowest BCUT2D eigenvalue weighted by atomic mass is 10.2. The number of amidine groups is 1. The summed E-state index contributed by atoms with van der Waals surface area (Å²) in [5, 5.41) is 18.2. The molecule has 1 aromatic heterocycles. The van der Waals surface area contributed by atoms with Crippen molar-refractivity contribution in [3.05, 3.63) is 57.9 Å². The van der Waals surface area contributed by atoms with Crippen molar-refractivity contribution in [1.82, 2.24) is 4.98 Å². The van der Waals surface area contributed by atoms with E-state index in [1.165, 1.54) is 18.3 Å². The number of ether oxygens (including phenoxy) is 1. The van der Waals surface area contributed by atoms with Crippen LogP contribution in [0.1, 0.15) is 11.3 Å². The van der Waals surface area contributed by atoms with Crippen LogP contribution in [0.25, 0.3) is 0 Å². The average Bonchev–Trinajstić information content (AvgIpc) is 2.41. The molecular formula is C13H12N4O3. The number of nitrogen functional groups attached to an aromatic ring is 1. The molecule has 0 fully saturated rings. The van der Waals surface area contributed by atoms with Crippen LogP contribution in [-0.2, 0) is 0 Å². The summed E-state index contributed by atoms with van der Waals surface area (Å²) in [6, 6.07) is 7.55. The van der Waals surface area contributed by atoms with E-state index in [1.54, 1.807) is 25.1 Å². The van der Waals surface area contributed by atoms with Crippen LogP contribution in [0.2, 0.25) is 0 Å². The van der Waals surface area contributed by atoms with Crippen LogP contribution in [0.15, 0.2) is 36.5 Å². The van der Waals surface area contributed by atoms with Crippen LogP contribution in [0.3, 0.4) is 0 Å². The molecule has 0 unspecified atom stereocenters. The van der Waals surface area contributed by atoms with Crippen molar-refractivity contribution in [3.8, 4) is 11.5 Å². The third kappa shape index (κ3) is 2.72. The number of rotatable bonds is 4. The van der Waals surface area contributed by atoms with Gasteiger partial charge in [-0.1, -0.05) is 0 Å². The molecule has 20 heavy (non-hydrogen) atoms. The third-order valence-electron chi connectivity index (χ3n) is 2.63. The van der Waals surface area contributed by atoms with Gasteiger partial charge in [-0.15, -0.1) is 0 Å². The highest BCUT2D eigenvalue weighted by molar-refractivity contribution is 5.95. The van der Waals surface area contributed by atoms with Gasteiger partial charge < -0.3 is 10.5 Å². The van der Waals surface area contributed by atoms with Gasteiger partial charge in [0.1, 0.15) is 17.3 Å². The van der Waals surface area contributed by atoms with Gasteiger partial charge in [0.25, 0.3) is 5.69 Å². The van der Waals surface area contributed by atoms with Crippen molar-refractivity contribution >= 4 is 11.5 Å². The number of nitro benzene ring substituents is 1. The Hall–Kier alpha value is -2.96. The summed E-state index contributed by atoms with van der Waals surface area (Å²) in [5.74, 6) is 0.377. The zero-order valence-corrected chi connectivity index (χ0v) is 10.7. The van der Waals surface area contributed by atoms with Crippen molar-refractivity contribution in [2.75, 3.05) is 0 Å². The normalized spacial score (nSPS) is 10.1. The first-order chi connectivity index (χ1) is 9.49. The molecule has 0 aliphatic carbocycles. The molecule has 1 heterocycles. The van der Waals surface area contributed by atoms with Gasteiger partial charge in [-0.3, -0.25) is 15.5 Å². The molecule has 0 amide bonds. The van der Waals surface area contributed by atoms with Crippen molar-refractivity contribution in [1.29, 1.82) is 5.41 Å². The number of aryl methyl sites for hydroxylation is 1. The first kappa shape index (κ1) is 13.5. The molecule has 2 aromatic rings. The summed E-state index contributed by atoms with van der Waals surface area (Å²) in [6.07, 6.45) is 1.49. The van der Waals surface area contributed by atoms with Gasteiger partial charge in [0.05, 0.1) is 11.0 Å². The number of nitro groups is 1. The van der Waals surface area contributed by atoms with Crippen molar-refractivity contribution in [3.63, 3.8) is 0 Å². The minimum Gasteiger partial charge on any atom is -0.454 e. The summed E-state index contributed by atoms with van der Waals surface area (Å²) >= 11 is 0. The number of hydrogen-bond donors (Lipinski definition) is 2. The van der Waals surface area contributed by atoms with Gasteiger partial charge >= 0.3 is 0 Å². The lowest BCUT2D eigenvalue weighted by Gasteiger charge is -2.11. The number of pyridine rings is 1. The zero-order chi connectivity index (χ0) is 14.7. The van der Waals surface area contributed by atoms with E-state index in [-0.39, 0.29) is 23.0 Å². The fourth-order valence-corrected chi connectivity index (χ4v) is 1.61. The standard InChI is InChI=1S/C13H12N4O3/c1-8-4-5-9(17(18)19)7-11(8)20-10-3-2-6-16-12(10)13(14)15/h2-7H,1H3,(H3,14,15). The molecule has 3 N–H and O–H groups in total. The maximum atomic E-state index is 10.8. The second kappa shape index (κ2) is 5.35. The quantitative estimate of drug-likeness (QED) is 0.383. The van der Waals surface area contributed by atoms with Gasteiger partial charge in [-0.25, -0.2) is 4.98 Å². The Morgan fingerprint density at radius 3 is 2.80 bits per heavy atom. The summed E-state index contributed by atoms with van der Waals surface area (Å²) < 4.78 is 5.60. The molecule has 0 spiro atoms. The van der Waals surface area contributed by atoms with Crippen molar-refractivity contribution in [2.24, 2.45) is 5.73 Å². The average molecular weight is 272 g/mol. The monoisotopic (exact) mass is 272 g/mol. The van der Waals surface area contributed by atoms with E-state index < -0.39 is 4.92 Å². The van der Waals surface area contributed by atoms with Gasteiger partial charge in [0.15, 0.2) is 5.75 Å². The van der Waals surface area contributed by atoms with E-state index >= 15 is 0 Å². The van der Waals surface area contributed by atoms with E-state index in [1.807, 2.05) is 0 Å². The molecular weight excluding hydrogens is 260 g/mol. The van der Waals surface area contributed by atoms with Crippen LogP contribution in [0.4, 0.5) is 5.69 Å². The fraction of sp³-hybridized carbons (Fsp3) is 0.0769. The van der Waals surface area contributed by atoms with Gasteiger partial charge in [0, 0.05) is 12.3 Å². The van der Waals surface area contributed by atoms with Crippen LogP contribution < -0.4 is 10.5 Å². The molecule has 0 atom stereocenters. The van der Waals surface area contributed by atoms with E-state index in [0.717, 1.165) is 5.56 Å². The topological polar surface area (TPSA) is 115 Å². The number of nitrogens with zero attached hydrogens (tertiary/aromatic N) is 2. The third-order valence-corrected chi connectivity index (χ3v) is 2.63. The number of aromatic nitrogens is 1.